The van der Waals surface area contributed by atoms with E-state index in [0.29, 0.717) is 6.54 Å². The maximum absolute atomic E-state index is 12.2. The van der Waals surface area contributed by atoms with Gasteiger partial charge < -0.3 is 9.47 Å². The average Bonchev–Trinajstić information content (AvgIpc) is 3.02. The second-order valence-corrected chi connectivity index (χ2v) is 6.03. The smallest absolute Gasteiger partial charge is 0.415 e. The maximum Gasteiger partial charge on any atom is 0.415 e. The molecule has 1 atom stereocenters. The average molecular weight is 325 g/mol. The Bertz CT molecular complexity index is 679. The first-order valence-corrected chi connectivity index (χ1v) is 8.42. The number of amides is 1. The third-order valence-corrected chi connectivity index (χ3v) is 4.37. The summed E-state index contributed by atoms with van der Waals surface area (Å²) >= 11 is 0. The van der Waals surface area contributed by atoms with Crippen molar-refractivity contribution in [2.45, 2.75) is 32.3 Å². The Hall–Kier alpha value is -2.49. The van der Waals surface area contributed by atoms with Crippen LogP contribution >= 0.6 is 0 Å². The van der Waals surface area contributed by atoms with Crippen molar-refractivity contribution in [1.29, 1.82) is 0 Å². The number of rotatable bonds is 6. The molecule has 1 saturated heterocycles. The van der Waals surface area contributed by atoms with Crippen LogP contribution < -0.4 is 9.64 Å². The molecule has 1 unspecified atom stereocenters. The number of unbranched alkanes of at least 4 members (excludes halogenated alkanes) is 1. The molecule has 3 rings (SSSR count). The van der Waals surface area contributed by atoms with Crippen LogP contribution in [0.25, 0.3) is 0 Å². The zero-order valence-corrected chi connectivity index (χ0v) is 14.2. The molecule has 0 saturated carbocycles. The number of methoxy groups -OCH3 is 1. The number of cyclic esters (lactones) is 1. The van der Waals surface area contributed by atoms with Gasteiger partial charge >= 0.3 is 6.09 Å². The van der Waals surface area contributed by atoms with Gasteiger partial charge in [0.25, 0.3) is 0 Å². The molecule has 1 amide bonds. The topological polar surface area (TPSA) is 38.8 Å². The summed E-state index contributed by atoms with van der Waals surface area (Å²) in [5.41, 5.74) is 3.17. The Morgan fingerprint density at radius 3 is 2.46 bits per heavy atom. The van der Waals surface area contributed by atoms with Crippen LogP contribution in [0.1, 0.15) is 37.0 Å². The highest BCUT2D eigenvalue weighted by atomic mass is 16.6. The van der Waals surface area contributed by atoms with Crippen molar-refractivity contribution >= 4 is 11.8 Å². The van der Waals surface area contributed by atoms with E-state index in [9.17, 15) is 4.79 Å². The van der Waals surface area contributed by atoms with E-state index in [4.69, 9.17) is 9.47 Å². The maximum atomic E-state index is 12.2. The number of anilines is 1. The van der Waals surface area contributed by atoms with Gasteiger partial charge in [-0.2, -0.15) is 0 Å². The summed E-state index contributed by atoms with van der Waals surface area (Å²) in [5.74, 6) is 0.794. The van der Waals surface area contributed by atoms with Gasteiger partial charge in [-0.05, 0) is 48.2 Å². The Morgan fingerprint density at radius 1 is 1.12 bits per heavy atom. The van der Waals surface area contributed by atoms with Crippen LogP contribution in [0.4, 0.5) is 10.5 Å². The molecule has 126 valence electrons. The van der Waals surface area contributed by atoms with Gasteiger partial charge in [0.05, 0.1) is 13.7 Å². The molecule has 0 N–H and O–H groups in total. The first-order chi connectivity index (χ1) is 11.7. The second kappa shape index (κ2) is 7.39. The van der Waals surface area contributed by atoms with Crippen molar-refractivity contribution in [3.8, 4) is 5.75 Å². The van der Waals surface area contributed by atoms with Gasteiger partial charge in [0.1, 0.15) is 11.9 Å². The molecule has 4 nitrogen and oxygen atoms in total. The molecule has 0 radical (unpaired) electrons. The van der Waals surface area contributed by atoms with Crippen LogP contribution in [0.15, 0.2) is 48.5 Å². The van der Waals surface area contributed by atoms with Gasteiger partial charge in [-0.25, -0.2) is 4.79 Å². The summed E-state index contributed by atoms with van der Waals surface area (Å²) in [6.07, 6.45) is 2.91. The molecule has 1 heterocycles. The second-order valence-electron chi connectivity index (χ2n) is 6.03. The largest absolute Gasteiger partial charge is 0.497 e. The molecule has 1 aliphatic heterocycles. The van der Waals surface area contributed by atoms with E-state index < -0.39 is 0 Å². The van der Waals surface area contributed by atoms with E-state index in [-0.39, 0.29) is 12.2 Å². The lowest BCUT2D eigenvalue weighted by Crippen LogP contribution is -2.23. The standard InChI is InChI=1S/C20H23NO3/c1-3-4-5-15-6-10-17(11-7-15)21-14-19(24-20(21)22)16-8-12-18(23-2)13-9-16/h6-13,19H,3-5,14H2,1-2H3. The van der Waals surface area contributed by atoms with Gasteiger partial charge in [0, 0.05) is 5.69 Å². The quantitative estimate of drug-likeness (QED) is 0.770. The monoisotopic (exact) mass is 325 g/mol. The first kappa shape index (κ1) is 16.4. The van der Waals surface area contributed by atoms with E-state index in [1.165, 1.54) is 18.4 Å². The number of hydrogen-bond acceptors (Lipinski definition) is 3. The SMILES string of the molecule is CCCCc1ccc(N2CC(c3ccc(OC)cc3)OC2=O)cc1. The minimum absolute atomic E-state index is 0.247. The lowest BCUT2D eigenvalue weighted by molar-refractivity contribution is 0.142. The molecule has 2 aromatic carbocycles. The summed E-state index contributed by atoms with van der Waals surface area (Å²) in [4.78, 5) is 13.9. The van der Waals surface area contributed by atoms with E-state index in [0.717, 1.165) is 23.4 Å². The number of carbonyl (C=O) groups excluding carboxylic acids is 1. The predicted octanol–water partition coefficient (Wildman–Crippen LogP) is 4.74. The minimum atomic E-state index is -0.294. The molecule has 2 aromatic rings. The van der Waals surface area contributed by atoms with E-state index >= 15 is 0 Å². The van der Waals surface area contributed by atoms with Gasteiger partial charge in [0.2, 0.25) is 0 Å². The molecule has 4 heteroatoms. The van der Waals surface area contributed by atoms with E-state index in [2.05, 4.69) is 19.1 Å². The fourth-order valence-corrected chi connectivity index (χ4v) is 2.89. The van der Waals surface area contributed by atoms with Crippen molar-refractivity contribution in [3.63, 3.8) is 0 Å². The van der Waals surface area contributed by atoms with Gasteiger partial charge in [-0.15, -0.1) is 0 Å². The summed E-state index contributed by atoms with van der Waals surface area (Å²) in [7, 11) is 1.64. The Balaban J connectivity index is 1.69. The highest BCUT2D eigenvalue weighted by Crippen LogP contribution is 2.31. The van der Waals surface area contributed by atoms with Crippen molar-refractivity contribution < 1.29 is 14.3 Å². The molecule has 0 aromatic heterocycles. The van der Waals surface area contributed by atoms with Crippen molar-refractivity contribution in [2.24, 2.45) is 0 Å². The van der Waals surface area contributed by atoms with Crippen LogP contribution in [-0.4, -0.2) is 19.7 Å². The molecule has 0 bridgehead atoms. The lowest BCUT2D eigenvalue weighted by Gasteiger charge is -2.13. The number of hydrogen-bond donors (Lipinski definition) is 0. The Morgan fingerprint density at radius 2 is 1.83 bits per heavy atom. The minimum Gasteiger partial charge on any atom is -0.497 e. The highest BCUT2D eigenvalue weighted by Gasteiger charge is 2.33. The Kier molecular flexibility index (Phi) is 5.04. The summed E-state index contributed by atoms with van der Waals surface area (Å²) in [5, 5.41) is 0. The number of benzene rings is 2. The molecule has 24 heavy (non-hydrogen) atoms. The number of nitrogens with zero attached hydrogens (tertiary/aromatic N) is 1. The molecule has 0 spiro atoms. The van der Waals surface area contributed by atoms with Crippen LogP contribution in [0.5, 0.6) is 5.75 Å². The van der Waals surface area contributed by atoms with Crippen LogP contribution in [0, 0.1) is 0 Å². The third kappa shape index (κ3) is 3.53. The highest BCUT2D eigenvalue weighted by molar-refractivity contribution is 5.89. The van der Waals surface area contributed by atoms with E-state index in [1.807, 2.05) is 36.4 Å². The van der Waals surface area contributed by atoms with E-state index in [1.54, 1.807) is 12.0 Å². The molecular weight excluding hydrogens is 302 g/mol. The van der Waals surface area contributed by atoms with Gasteiger partial charge in [0.15, 0.2) is 0 Å². The van der Waals surface area contributed by atoms with Crippen molar-refractivity contribution in [3.05, 3.63) is 59.7 Å². The lowest BCUT2D eigenvalue weighted by atomic mass is 10.1. The number of aryl methyl sites for hydroxylation is 1. The van der Waals surface area contributed by atoms with Crippen molar-refractivity contribution in [1.82, 2.24) is 0 Å². The van der Waals surface area contributed by atoms with Crippen molar-refractivity contribution in [2.75, 3.05) is 18.6 Å². The third-order valence-electron chi connectivity index (χ3n) is 4.37. The number of carbonyl (C=O) groups is 1. The van der Waals surface area contributed by atoms with Crippen LogP contribution in [0.3, 0.4) is 0 Å². The van der Waals surface area contributed by atoms with Crippen LogP contribution in [0.2, 0.25) is 0 Å². The number of ether oxygens (including phenoxy) is 2. The van der Waals surface area contributed by atoms with Gasteiger partial charge in [-0.1, -0.05) is 37.6 Å². The molecule has 0 aliphatic carbocycles. The summed E-state index contributed by atoms with van der Waals surface area (Å²) < 4.78 is 10.7. The van der Waals surface area contributed by atoms with Crippen LogP contribution in [-0.2, 0) is 11.2 Å². The fourth-order valence-electron chi connectivity index (χ4n) is 2.89. The molecule has 1 aliphatic rings. The predicted molar refractivity (Wildman–Crippen MR) is 94.6 cm³/mol. The molecular formula is C20H23NO3. The zero-order valence-electron chi connectivity index (χ0n) is 14.2. The summed E-state index contributed by atoms with van der Waals surface area (Å²) in [6.45, 7) is 2.72. The fraction of sp³-hybridized carbons (Fsp3) is 0.350. The van der Waals surface area contributed by atoms with Gasteiger partial charge in [-0.3, -0.25) is 4.90 Å². The Labute approximate surface area is 143 Å². The normalized spacial score (nSPS) is 17.0. The summed E-state index contributed by atoms with van der Waals surface area (Å²) in [6, 6.07) is 15.8. The zero-order chi connectivity index (χ0) is 16.9. The molecule has 1 fully saturated rings. The first-order valence-electron chi connectivity index (χ1n) is 8.42.